The normalized spacial score (nSPS) is 19.9. The predicted octanol–water partition coefficient (Wildman–Crippen LogP) is 2.98. The molecule has 4 rings (SSSR count). The van der Waals surface area contributed by atoms with Gasteiger partial charge in [-0.05, 0) is 37.0 Å². The van der Waals surface area contributed by atoms with E-state index in [9.17, 15) is 9.18 Å². The van der Waals surface area contributed by atoms with Crippen LogP contribution >= 0.6 is 12.4 Å². The van der Waals surface area contributed by atoms with Gasteiger partial charge in [0, 0.05) is 37.3 Å². The minimum atomic E-state index is -0.250. The van der Waals surface area contributed by atoms with Crippen LogP contribution in [0.4, 0.5) is 4.39 Å². The zero-order chi connectivity index (χ0) is 16.5. The lowest BCUT2D eigenvalue weighted by molar-refractivity contribution is 0.0604. The van der Waals surface area contributed by atoms with Crippen molar-refractivity contribution in [2.45, 2.75) is 38.3 Å². The number of aromatic amines is 1. The number of nitrogens with one attached hydrogen (secondary N) is 2. The monoisotopic (exact) mass is 364 g/mol. The summed E-state index contributed by atoms with van der Waals surface area (Å²) < 4.78 is 13.2. The first-order valence-corrected chi connectivity index (χ1v) is 8.57. The topological polar surface area (TPSA) is 61.0 Å². The molecule has 2 N–H and O–H groups in total. The number of likely N-dealkylation sites (tertiary alicyclic amines) is 1. The standard InChI is InChI=1S/C18H21FN4O.ClH/c19-13-6-4-12(5-7-13)16-3-1-2-10-23(16)18(24)17-14-11-20-9-8-15(14)21-22-17;/h4-7,16,20H,1-3,8-11H2,(H,21,22);1H. The van der Waals surface area contributed by atoms with Gasteiger partial charge in [0.2, 0.25) is 0 Å². The number of piperidine rings is 1. The number of carbonyl (C=O) groups is 1. The molecule has 2 aliphatic heterocycles. The Hall–Kier alpha value is -1.92. The van der Waals surface area contributed by atoms with Crippen molar-refractivity contribution in [3.05, 3.63) is 52.6 Å². The first-order chi connectivity index (χ1) is 11.7. The molecule has 0 aliphatic carbocycles. The third-order valence-electron chi connectivity index (χ3n) is 5.03. The highest BCUT2D eigenvalue weighted by Gasteiger charge is 2.32. The summed E-state index contributed by atoms with van der Waals surface area (Å²) in [5.74, 6) is -0.273. The van der Waals surface area contributed by atoms with Gasteiger partial charge < -0.3 is 10.2 Å². The van der Waals surface area contributed by atoms with Crippen LogP contribution in [0.1, 0.15) is 52.6 Å². The summed E-state index contributed by atoms with van der Waals surface area (Å²) in [5.41, 5.74) is 3.58. The number of carbonyl (C=O) groups excluding carboxylic acids is 1. The van der Waals surface area contributed by atoms with E-state index in [0.29, 0.717) is 12.2 Å². The van der Waals surface area contributed by atoms with E-state index in [0.717, 1.165) is 55.6 Å². The van der Waals surface area contributed by atoms with Crippen LogP contribution in [0.15, 0.2) is 24.3 Å². The van der Waals surface area contributed by atoms with E-state index in [2.05, 4.69) is 15.5 Å². The van der Waals surface area contributed by atoms with Crippen molar-refractivity contribution in [2.24, 2.45) is 0 Å². The molecule has 5 nitrogen and oxygen atoms in total. The van der Waals surface area contributed by atoms with Crippen molar-refractivity contribution >= 4 is 18.3 Å². The van der Waals surface area contributed by atoms with Crippen LogP contribution in [0.5, 0.6) is 0 Å². The average Bonchev–Trinajstić information content (AvgIpc) is 3.06. The number of halogens is 2. The van der Waals surface area contributed by atoms with Gasteiger partial charge in [-0.1, -0.05) is 12.1 Å². The molecule has 2 aromatic rings. The first-order valence-electron chi connectivity index (χ1n) is 8.57. The lowest BCUT2D eigenvalue weighted by Gasteiger charge is -2.36. The number of aromatic nitrogens is 2. The number of rotatable bonds is 2. The number of amides is 1. The fourth-order valence-electron chi connectivity index (χ4n) is 3.74. The number of hydrogen-bond acceptors (Lipinski definition) is 3. The molecule has 1 unspecified atom stereocenters. The Balaban J connectivity index is 0.00000182. The summed E-state index contributed by atoms with van der Waals surface area (Å²) in [4.78, 5) is 15.0. The zero-order valence-electron chi connectivity index (χ0n) is 13.9. The summed E-state index contributed by atoms with van der Waals surface area (Å²) in [6, 6.07) is 6.50. The van der Waals surface area contributed by atoms with E-state index in [4.69, 9.17) is 0 Å². The van der Waals surface area contributed by atoms with Gasteiger partial charge in [0.1, 0.15) is 5.82 Å². The quantitative estimate of drug-likeness (QED) is 0.861. The van der Waals surface area contributed by atoms with Crippen molar-refractivity contribution in [1.29, 1.82) is 0 Å². The highest BCUT2D eigenvalue weighted by atomic mass is 35.5. The van der Waals surface area contributed by atoms with E-state index in [1.807, 2.05) is 4.90 Å². The predicted molar refractivity (Wildman–Crippen MR) is 95.3 cm³/mol. The van der Waals surface area contributed by atoms with Crippen molar-refractivity contribution in [3.63, 3.8) is 0 Å². The van der Waals surface area contributed by atoms with Crippen LogP contribution in [0.2, 0.25) is 0 Å². The third kappa shape index (κ3) is 3.41. The molecule has 1 aromatic carbocycles. The first kappa shape index (κ1) is 17.9. The van der Waals surface area contributed by atoms with Gasteiger partial charge in [-0.3, -0.25) is 9.89 Å². The maximum Gasteiger partial charge on any atom is 0.275 e. The highest BCUT2D eigenvalue weighted by Crippen LogP contribution is 2.32. The van der Waals surface area contributed by atoms with Crippen molar-refractivity contribution in [2.75, 3.05) is 13.1 Å². The molecule has 1 amide bonds. The van der Waals surface area contributed by atoms with Gasteiger partial charge in [-0.25, -0.2) is 4.39 Å². The second kappa shape index (κ2) is 7.54. The number of H-pyrrole nitrogens is 1. The fraction of sp³-hybridized carbons (Fsp3) is 0.444. The molecule has 1 fully saturated rings. The minimum Gasteiger partial charge on any atom is -0.330 e. The fourth-order valence-corrected chi connectivity index (χ4v) is 3.74. The second-order valence-corrected chi connectivity index (χ2v) is 6.52. The SMILES string of the molecule is Cl.O=C(c1n[nH]c2c1CNCC2)N1CCCCC1c1ccc(F)cc1. The van der Waals surface area contributed by atoms with Crippen LogP contribution in [-0.2, 0) is 13.0 Å². The Kier molecular flexibility index (Phi) is 5.39. The van der Waals surface area contributed by atoms with E-state index in [1.54, 1.807) is 12.1 Å². The lowest BCUT2D eigenvalue weighted by Crippen LogP contribution is -2.39. The van der Waals surface area contributed by atoms with E-state index >= 15 is 0 Å². The van der Waals surface area contributed by atoms with Crippen LogP contribution in [0, 0.1) is 5.82 Å². The average molecular weight is 365 g/mol. The Labute approximate surface area is 152 Å². The second-order valence-electron chi connectivity index (χ2n) is 6.52. The molecular weight excluding hydrogens is 343 g/mol. The van der Waals surface area contributed by atoms with Gasteiger partial charge in [-0.15, -0.1) is 12.4 Å². The van der Waals surface area contributed by atoms with Crippen molar-refractivity contribution in [1.82, 2.24) is 20.4 Å². The molecule has 0 saturated carbocycles. The molecule has 25 heavy (non-hydrogen) atoms. The molecule has 1 aromatic heterocycles. The van der Waals surface area contributed by atoms with Gasteiger partial charge in [0.05, 0.1) is 6.04 Å². The lowest BCUT2D eigenvalue weighted by atomic mass is 9.94. The molecule has 0 spiro atoms. The zero-order valence-corrected chi connectivity index (χ0v) is 14.7. The smallest absolute Gasteiger partial charge is 0.275 e. The molecule has 1 saturated heterocycles. The van der Waals surface area contributed by atoms with Gasteiger partial charge in [0.25, 0.3) is 5.91 Å². The Morgan fingerprint density at radius 3 is 2.84 bits per heavy atom. The highest BCUT2D eigenvalue weighted by molar-refractivity contribution is 5.94. The molecular formula is C18H22ClFN4O. The molecule has 1 atom stereocenters. The van der Waals surface area contributed by atoms with E-state index < -0.39 is 0 Å². The van der Waals surface area contributed by atoms with Crippen molar-refractivity contribution in [3.8, 4) is 0 Å². The maximum atomic E-state index is 13.2. The molecule has 134 valence electrons. The Bertz CT molecular complexity index is 746. The van der Waals surface area contributed by atoms with Crippen LogP contribution in [0.25, 0.3) is 0 Å². The summed E-state index contributed by atoms with van der Waals surface area (Å²) in [6.45, 7) is 2.31. The maximum absolute atomic E-state index is 13.2. The third-order valence-corrected chi connectivity index (χ3v) is 5.03. The minimum absolute atomic E-state index is 0. The summed E-state index contributed by atoms with van der Waals surface area (Å²) in [7, 11) is 0. The van der Waals surface area contributed by atoms with Crippen molar-refractivity contribution < 1.29 is 9.18 Å². The summed E-state index contributed by atoms with van der Waals surface area (Å²) in [6.07, 6.45) is 3.85. The number of nitrogens with zero attached hydrogens (tertiary/aromatic N) is 2. The van der Waals surface area contributed by atoms with E-state index in [-0.39, 0.29) is 30.2 Å². The summed E-state index contributed by atoms with van der Waals surface area (Å²) in [5, 5.41) is 10.6. The Morgan fingerprint density at radius 2 is 2.04 bits per heavy atom. The molecule has 0 bridgehead atoms. The largest absolute Gasteiger partial charge is 0.330 e. The Morgan fingerprint density at radius 1 is 1.24 bits per heavy atom. The van der Waals surface area contributed by atoms with Crippen LogP contribution in [0.3, 0.4) is 0 Å². The van der Waals surface area contributed by atoms with Gasteiger partial charge in [-0.2, -0.15) is 5.10 Å². The summed E-state index contributed by atoms with van der Waals surface area (Å²) >= 11 is 0. The van der Waals surface area contributed by atoms with Crippen LogP contribution < -0.4 is 5.32 Å². The number of fused-ring (bicyclic) bond motifs is 1. The van der Waals surface area contributed by atoms with Gasteiger partial charge >= 0.3 is 0 Å². The number of hydrogen-bond donors (Lipinski definition) is 2. The van der Waals surface area contributed by atoms with Crippen LogP contribution in [-0.4, -0.2) is 34.1 Å². The molecule has 0 radical (unpaired) electrons. The molecule has 3 heterocycles. The van der Waals surface area contributed by atoms with Gasteiger partial charge in [0.15, 0.2) is 5.69 Å². The van der Waals surface area contributed by atoms with E-state index in [1.165, 1.54) is 12.1 Å². The molecule has 2 aliphatic rings. The number of benzene rings is 1. The molecule has 7 heteroatoms.